The van der Waals surface area contributed by atoms with E-state index in [9.17, 15) is 5.11 Å². The van der Waals surface area contributed by atoms with Crippen molar-refractivity contribution in [1.82, 2.24) is 19.6 Å². The first kappa shape index (κ1) is 21.6. The summed E-state index contributed by atoms with van der Waals surface area (Å²) in [6.07, 6.45) is 3.86. The fraction of sp³-hybridized carbons (Fsp3) is 0.591. The first-order valence-electron chi connectivity index (χ1n) is 10.3. The summed E-state index contributed by atoms with van der Waals surface area (Å²) in [5.41, 5.74) is 3.46. The molecular formula is C22H34N4O3. The summed E-state index contributed by atoms with van der Waals surface area (Å²) in [5, 5.41) is 14.7. The Morgan fingerprint density at radius 1 is 1.21 bits per heavy atom. The Morgan fingerprint density at radius 2 is 1.93 bits per heavy atom. The molecule has 2 heterocycles. The van der Waals surface area contributed by atoms with Crippen LogP contribution in [0.2, 0.25) is 0 Å². The van der Waals surface area contributed by atoms with Gasteiger partial charge in [0.25, 0.3) is 0 Å². The van der Waals surface area contributed by atoms with Crippen LogP contribution in [-0.4, -0.2) is 71.2 Å². The molecule has 1 saturated heterocycles. The smallest absolute Gasteiger partial charge is 0.127 e. The second-order valence-electron chi connectivity index (χ2n) is 8.00. The van der Waals surface area contributed by atoms with E-state index in [4.69, 9.17) is 9.47 Å². The van der Waals surface area contributed by atoms with E-state index in [1.54, 1.807) is 7.11 Å². The molecule has 1 aromatic heterocycles. The van der Waals surface area contributed by atoms with Crippen molar-refractivity contribution in [2.24, 2.45) is 7.05 Å². The van der Waals surface area contributed by atoms with Gasteiger partial charge >= 0.3 is 0 Å². The molecule has 3 rings (SSSR count). The third-order valence-corrected chi connectivity index (χ3v) is 5.59. The molecule has 1 aliphatic heterocycles. The van der Waals surface area contributed by atoms with Crippen LogP contribution < -0.4 is 9.47 Å². The maximum absolute atomic E-state index is 10.4. The zero-order valence-electron chi connectivity index (χ0n) is 18.1. The maximum Gasteiger partial charge on any atom is 0.127 e. The number of likely N-dealkylation sites (tertiary alicyclic amines) is 1. The highest BCUT2D eigenvalue weighted by molar-refractivity contribution is 5.40. The zero-order valence-corrected chi connectivity index (χ0v) is 18.1. The minimum atomic E-state index is -0.497. The van der Waals surface area contributed by atoms with Crippen LogP contribution >= 0.6 is 0 Å². The average Bonchev–Trinajstić information content (AvgIpc) is 3.32. The molecule has 1 aliphatic rings. The highest BCUT2D eigenvalue weighted by Gasteiger charge is 2.17. The number of ether oxygens (including phenoxy) is 2. The van der Waals surface area contributed by atoms with Crippen molar-refractivity contribution in [2.75, 3.05) is 40.4 Å². The lowest BCUT2D eigenvalue weighted by Crippen LogP contribution is -2.33. The summed E-state index contributed by atoms with van der Waals surface area (Å²) in [5.74, 6) is 1.52. The molecule has 7 heteroatoms. The maximum atomic E-state index is 10.4. The first-order chi connectivity index (χ1) is 14.0. The molecule has 1 N–H and O–H groups in total. The van der Waals surface area contributed by atoms with Gasteiger partial charge in [0.2, 0.25) is 0 Å². The summed E-state index contributed by atoms with van der Waals surface area (Å²) < 4.78 is 13.3. The van der Waals surface area contributed by atoms with Crippen LogP contribution in [-0.2, 0) is 20.1 Å². The van der Waals surface area contributed by atoms with Gasteiger partial charge in [-0.3, -0.25) is 9.58 Å². The Balaban J connectivity index is 1.62. The zero-order chi connectivity index (χ0) is 20.8. The lowest BCUT2D eigenvalue weighted by Gasteiger charge is -2.22. The number of aliphatic hydroxyl groups excluding tert-OH is 1. The van der Waals surface area contributed by atoms with E-state index >= 15 is 0 Å². The molecule has 29 heavy (non-hydrogen) atoms. The number of aromatic nitrogens is 2. The standard InChI is InChI=1S/C22H34N4O3/c1-17-19(12-23-25(17)3)14-24(2)13-18-7-8-21(28-4)11-22(18)29-16-20(27)15-26-9-5-6-10-26/h7-8,11-12,20,27H,5-6,9-10,13-16H2,1-4H3/t20-/m1/s1. The molecule has 0 amide bonds. The fourth-order valence-electron chi connectivity index (χ4n) is 3.77. The van der Waals surface area contributed by atoms with Crippen molar-refractivity contribution in [3.05, 3.63) is 41.2 Å². The van der Waals surface area contributed by atoms with Gasteiger partial charge < -0.3 is 19.5 Å². The van der Waals surface area contributed by atoms with Gasteiger partial charge in [-0.15, -0.1) is 0 Å². The summed E-state index contributed by atoms with van der Waals surface area (Å²) >= 11 is 0. The lowest BCUT2D eigenvalue weighted by atomic mass is 10.1. The van der Waals surface area contributed by atoms with Crippen LogP contribution in [0.5, 0.6) is 11.5 Å². The number of aryl methyl sites for hydroxylation is 1. The molecule has 0 spiro atoms. The number of benzene rings is 1. The molecule has 1 fully saturated rings. The molecule has 1 aromatic carbocycles. The van der Waals surface area contributed by atoms with Gasteiger partial charge in [-0.1, -0.05) is 6.07 Å². The highest BCUT2D eigenvalue weighted by Crippen LogP contribution is 2.27. The van der Waals surface area contributed by atoms with Crippen LogP contribution in [0.25, 0.3) is 0 Å². The summed E-state index contributed by atoms with van der Waals surface area (Å²) in [7, 11) is 5.70. The van der Waals surface area contributed by atoms with Gasteiger partial charge in [-0.05, 0) is 46.0 Å². The fourth-order valence-corrected chi connectivity index (χ4v) is 3.77. The molecule has 1 atom stereocenters. The van der Waals surface area contributed by atoms with Crippen molar-refractivity contribution in [2.45, 2.75) is 39.0 Å². The first-order valence-corrected chi connectivity index (χ1v) is 10.3. The number of hydrogen-bond donors (Lipinski definition) is 1. The van der Waals surface area contributed by atoms with Crippen LogP contribution in [0.4, 0.5) is 0 Å². The van der Waals surface area contributed by atoms with Crippen LogP contribution in [0.3, 0.4) is 0 Å². The largest absolute Gasteiger partial charge is 0.497 e. The molecular weight excluding hydrogens is 368 g/mol. The van der Waals surface area contributed by atoms with E-state index in [-0.39, 0.29) is 6.61 Å². The molecule has 0 bridgehead atoms. The number of methoxy groups -OCH3 is 1. The van der Waals surface area contributed by atoms with E-state index in [1.165, 1.54) is 24.1 Å². The van der Waals surface area contributed by atoms with Gasteiger partial charge in [0, 0.05) is 49.6 Å². The second kappa shape index (κ2) is 10.1. The van der Waals surface area contributed by atoms with Crippen molar-refractivity contribution in [3.63, 3.8) is 0 Å². The molecule has 7 nitrogen and oxygen atoms in total. The predicted molar refractivity (Wildman–Crippen MR) is 113 cm³/mol. The topological polar surface area (TPSA) is 63.0 Å². The third-order valence-electron chi connectivity index (χ3n) is 5.59. The Hall–Kier alpha value is -2.09. The summed E-state index contributed by atoms with van der Waals surface area (Å²) in [6.45, 7) is 6.71. The minimum Gasteiger partial charge on any atom is -0.497 e. The minimum absolute atomic E-state index is 0.280. The van der Waals surface area contributed by atoms with Gasteiger partial charge in [-0.25, -0.2) is 0 Å². The van der Waals surface area contributed by atoms with E-state index in [0.29, 0.717) is 6.54 Å². The Labute approximate surface area is 173 Å². The summed E-state index contributed by atoms with van der Waals surface area (Å²) in [4.78, 5) is 4.53. The SMILES string of the molecule is COc1ccc(CN(C)Cc2cnn(C)c2C)c(OC[C@H](O)CN2CCCC2)c1. The normalized spacial score (nSPS) is 15.8. The van der Waals surface area contributed by atoms with Gasteiger partial charge in [0.15, 0.2) is 0 Å². The highest BCUT2D eigenvalue weighted by atomic mass is 16.5. The molecule has 0 radical (unpaired) electrons. The third kappa shape index (κ3) is 5.95. The van der Waals surface area contributed by atoms with E-state index in [2.05, 4.69) is 28.9 Å². The number of nitrogens with zero attached hydrogens (tertiary/aromatic N) is 4. The van der Waals surface area contributed by atoms with E-state index < -0.39 is 6.10 Å². The number of rotatable bonds is 10. The molecule has 2 aromatic rings. The molecule has 0 aliphatic carbocycles. The lowest BCUT2D eigenvalue weighted by molar-refractivity contribution is 0.0750. The van der Waals surface area contributed by atoms with Gasteiger partial charge in [0.1, 0.15) is 24.2 Å². The van der Waals surface area contributed by atoms with Gasteiger partial charge in [0.05, 0.1) is 13.3 Å². The predicted octanol–water partition coefficient (Wildman–Crippen LogP) is 2.20. The number of aliphatic hydroxyl groups is 1. The van der Waals surface area contributed by atoms with Crippen molar-refractivity contribution < 1.29 is 14.6 Å². The molecule has 160 valence electrons. The Kier molecular flexibility index (Phi) is 7.52. The van der Waals surface area contributed by atoms with E-state index in [0.717, 1.165) is 43.2 Å². The molecule has 0 unspecified atom stereocenters. The van der Waals surface area contributed by atoms with E-state index in [1.807, 2.05) is 36.1 Å². The van der Waals surface area contributed by atoms with Gasteiger partial charge in [-0.2, -0.15) is 5.10 Å². The van der Waals surface area contributed by atoms with Crippen molar-refractivity contribution in [3.8, 4) is 11.5 Å². The van der Waals surface area contributed by atoms with Crippen LogP contribution in [0.15, 0.2) is 24.4 Å². The quantitative estimate of drug-likeness (QED) is 0.657. The second-order valence-corrected chi connectivity index (χ2v) is 8.00. The van der Waals surface area contributed by atoms with Crippen LogP contribution in [0.1, 0.15) is 29.7 Å². The Bertz CT molecular complexity index is 786. The summed E-state index contributed by atoms with van der Waals surface area (Å²) in [6, 6.07) is 5.89. The Morgan fingerprint density at radius 3 is 2.59 bits per heavy atom. The van der Waals surface area contributed by atoms with Crippen LogP contribution in [0, 0.1) is 6.92 Å². The van der Waals surface area contributed by atoms with Crippen molar-refractivity contribution >= 4 is 0 Å². The van der Waals surface area contributed by atoms with Crippen molar-refractivity contribution in [1.29, 1.82) is 0 Å². The molecule has 0 saturated carbocycles. The monoisotopic (exact) mass is 402 g/mol. The average molecular weight is 403 g/mol. The number of β-amino-alcohol motifs (C(OH)–C–C–N with tert-alkyl or cyclic N) is 1. The number of hydrogen-bond acceptors (Lipinski definition) is 6.